The summed E-state index contributed by atoms with van der Waals surface area (Å²) in [6.07, 6.45) is 0. The highest BCUT2D eigenvalue weighted by molar-refractivity contribution is 5.86. The molecule has 1 aliphatic heterocycles. The first-order valence-corrected chi connectivity index (χ1v) is 10.5. The lowest BCUT2D eigenvalue weighted by molar-refractivity contribution is -0.384. The molecule has 0 unspecified atom stereocenters. The number of hydrogen-bond acceptors (Lipinski definition) is 6. The van der Waals surface area contributed by atoms with Crippen molar-refractivity contribution in [3.8, 4) is 5.75 Å². The van der Waals surface area contributed by atoms with E-state index in [2.05, 4.69) is 4.90 Å². The first-order valence-electron chi connectivity index (χ1n) is 10.5. The summed E-state index contributed by atoms with van der Waals surface area (Å²) in [7, 11) is 0. The average molecular weight is 436 g/mol. The predicted octanol–water partition coefficient (Wildman–Crippen LogP) is 2.66. The number of nitrogens with zero attached hydrogens (tertiary/aromatic N) is 4. The average Bonchev–Trinajstić information content (AvgIpc) is 2.82. The van der Waals surface area contributed by atoms with E-state index in [0.717, 1.165) is 16.6 Å². The number of pyridine rings is 1. The molecule has 1 saturated heterocycles. The van der Waals surface area contributed by atoms with E-state index in [-0.39, 0.29) is 23.8 Å². The topological polar surface area (TPSA) is 97.9 Å². The maximum atomic E-state index is 12.7. The van der Waals surface area contributed by atoms with Gasteiger partial charge in [0.05, 0.1) is 10.4 Å². The van der Waals surface area contributed by atoms with Crippen LogP contribution in [0.1, 0.15) is 6.92 Å². The molecule has 0 bridgehead atoms. The molecule has 0 N–H and O–H groups in total. The number of anilines is 1. The van der Waals surface area contributed by atoms with Crippen LogP contribution in [0.5, 0.6) is 5.75 Å². The zero-order valence-corrected chi connectivity index (χ0v) is 17.8. The summed E-state index contributed by atoms with van der Waals surface area (Å²) in [6.45, 7) is 4.62. The van der Waals surface area contributed by atoms with Gasteiger partial charge in [0, 0.05) is 62.0 Å². The third-order valence-electron chi connectivity index (χ3n) is 5.71. The highest BCUT2D eigenvalue weighted by Crippen LogP contribution is 2.24. The van der Waals surface area contributed by atoms with Crippen molar-refractivity contribution in [2.45, 2.75) is 13.5 Å². The molecular weight excluding hydrogens is 412 g/mol. The van der Waals surface area contributed by atoms with Gasteiger partial charge in [-0.3, -0.25) is 19.7 Å². The highest BCUT2D eigenvalue weighted by atomic mass is 16.6. The van der Waals surface area contributed by atoms with Crippen LogP contribution in [-0.4, -0.2) is 53.1 Å². The molecule has 2 aromatic carbocycles. The number of piperazine rings is 1. The minimum atomic E-state index is -0.423. The number of carbonyl (C=O) groups excluding carboxylic acids is 1. The van der Waals surface area contributed by atoms with Crippen LogP contribution in [0.2, 0.25) is 0 Å². The number of para-hydroxylation sites is 1. The number of aromatic nitrogens is 1. The number of nitro benzene ring substituents is 1. The van der Waals surface area contributed by atoms with Gasteiger partial charge in [0.2, 0.25) is 0 Å². The molecule has 0 radical (unpaired) electrons. The van der Waals surface area contributed by atoms with Crippen LogP contribution in [0.25, 0.3) is 10.9 Å². The van der Waals surface area contributed by atoms with E-state index in [1.807, 2.05) is 31.2 Å². The SMILES string of the molecule is CCn1c(=O)cc(OCC(=O)N2CCN(c3ccc([N+](=O)[O-])cc3)CC2)c2ccccc21. The second kappa shape index (κ2) is 9.09. The van der Waals surface area contributed by atoms with E-state index in [4.69, 9.17) is 4.74 Å². The van der Waals surface area contributed by atoms with Crippen LogP contribution < -0.4 is 15.2 Å². The Bertz CT molecular complexity index is 1200. The fraction of sp³-hybridized carbons (Fsp3) is 0.304. The van der Waals surface area contributed by atoms with Crippen LogP contribution in [0.15, 0.2) is 59.4 Å². The van der Waals surface area contributed by atoms with Gasteiger partial charge in [-0.2, -0.15) is 0 Å². The van der Waals surface area contributed by atoms with E-state index in [0.29, 0.717) is 38.5 Å². The molecule has 9 heteroatoms. The molecule has 0 atom stereocenters. The number of carbonyl (C=O) groups is 1. The quantitative estimate of drug-likeness (QED) is 0.435. The van der Waals surface area contributed by atoms with Crippen molar-refractivity contribution in [2.75, 3.05) is 37.7 Å². The smallest absolute Gasteiger partial charge is 0.269 e. The van der Waals surface area contributed by atoms with Crippen molar-refractivity contribution in [1.29, 1.82) is 0 Å². The summed E-state index contributed by atoms with van der Waals surface area (Å²) in [5, 5.41) is 11.6. The van der Waals surface area contributed by atoms with Crippen molar-refractivity contribution in [3.63, 3.8) is 0 Å². The summed E-state index contributed by atoms with van der Waals surface area (Å²) >= 11 is 0. The van der Waals surface area contributed by atoms with E-state index in [1.54, 1.807) is 21.6 Å². The molecule has 0 aliphatic carbocycles. The second-order valence-electron chi connectivity index (χ2n) is 7.54. The molecule has 1 amide bonds. The summed E-state index contributed by atoms with van der Waals surface area (Å²) in [5.74, 6) is 0.269. The van der Waals surface area contributed by atoms with Crippen LogP contribution in [0, 0.1) is 10.1 Å². The van der Waals surface area contributed by atoms with Crippen LogP contribution in [0.3, 0.4) is 0 Å². The molecule has 166 valence electrons. The van der Waals surface area contributed by atoms with Gasteiger partial charge < -0.3 is 19.1 Å². The molecule has 1 aromatic heterocycles. The fourth-order valence-corrected chi connectivity index (χ4v) is 3.98. The molecule has 3 aromatic rings. The number of hydrogen-bond donors (Lipinski definition) is 0. The number of ether oxygens (including phenoxy) is 1. The fourth-order valence-electron chi connectivity index (χ4n) is 3.98. The third kappa shape index (κ3) is 4.27. The van der Waals surface area contributed by atoms with Gasteiger partial charge in [-0.15, -0.1) is 0 Å². The molecule has 32 heavy (non-hydrogen) atoms. The Hall–Kier alpha value is -3.88. The molecular formula is C23H24N4O5. The first-order chi connectivity index (χ1) is 15.5. The number of amides is 1. The van der Waals surface area contributed by atoms with Crippen LogP contribution in [0.4, 0.5) is 11.4 Å². The Morgan fingerprint density at radius 2 is 1.75 bits per heavy atom. The summed E-state index contributed by atoms with van der Waals surface area (Å²) in [4.78, 5) is 39.3. The Kier molecular flexibility index (Phi) is 6.07. The monoisotopic (exact) mass is 436 g/mol. The van der Waals surface area contributed by atoms with Crippen molar-refractivity contribution < 1.29 is 14.5 Å². The third-order valence-corrected chi connectivity index (χ3v) is 5.71. The summed E-state index contributed by atoms with van der Waals surface area (Å²) < 4.78 is 7.45. The summed E-state index contributed by atoms with van der Waals surface area (Å²) in [6, 6.07) is 15.3. The maximum absolute atomic E-state index is 12.7. The molecule has 0 spiro atoms. The normalized spacial score (nSPS) is 13.9. The number of rotatable bonds is 6. The lowest BCUT2D eigenvalue weighted by Crippen LogP contribution is -2.50. The molecule has 9 nitrogen and oxygen atoms in total. The Labute approximate surface area is 184 Å². The minimum absolute atomic E-state index is 0.0545. The standard InChI is InChI=1S/C23H24N4O5/c1-2-26-20-6-4-3-5-19(20)21(15-22(26)28)32-16-23(29)25-13-11-24(12-14-25)17-7-9-18(10-8-17)27(30)31/h3-10,15H,2,11-14,16H2,1H3. The van der Waals surface area contributed by atoms with E-state index < -0.39 is 4.92 Å². The Morgan fingerprint density at radius 3 is 2.41 bits per heavy atom. The zero-order valence-electron chi connectivity index (χ0n) is 17.8. The predicted molar refractivity (Wildman–Crippen MR) is 121 cm³/mol. The van der Waals surface area contributed by atoms with E-state index in [1.165, 1.54) is 18.2 Å². The number of nitro groups is 1. The highest BCUT2D eigenvalue weighted by Gasteiger charge is 2.22. The molecule has 1 aliphatic rings. The van der Waals surface area contributed by atoms with Crippen molar-refractivity contribution in [2.24, 2.45) is 0 Å². The van der Waals surface area contributed by atoms with Gasteiger partial charge in [-0.25, -0.2) is 0 Å². The number of non-ortho nitro benzene ring substituents is 1. The first kappa shape index (κ1) is 21.4. The molecule has 1 fully saturated rings. The van der Waals surface area contributed by atoms with E-state index in [9.17, 15) is 19.7 Å². The van der Waals surface area contributed by atoms with E-state index >= 15 is 0 Å². The van der Waals surface area contributed by atoms with Gasteiger partial charge >= 0.3 is 0 Å². The second-order valence-corrected chi connectivity index (χ2v) is 7.54. The van der Waals surface area contributed by atoms with Gasteiger partial charge in [-0.1, -0.05) is 12.1 Å². The maximum Gasteiger partial charge on any atom is 0.269 e. The lowest BCUT2D eigenvalue weighted by atomic mass is 10.2. The number of benzene rings is 2. The van der Waals surface area contributed by atoms with Crippen LogP contribution in [-0.2, 0) is 11.3 Å². The molecule has 2 heterocycles. The molecule has 4 rings (SSSR count). The summed E-state index contributed by atoms with van der Waals surface area (Å²) in [5.41, 5.74) is 1.56. The van der Waals surface area contributed by atoms with Gasteiger partial charge in [0.25, 0.3) is 17.2 Å². The van der Waals surface area contributed by atoms with Crippen LogP contribution >= 0.6 is 0 Å². The van der Waals surface area contributed by atoms with Gasteiger partial charge in [0.1, 0.15) is 5.75 Å². The zero-order chi connectivity index (χ0) is 22.7. The van der Waals surface area contributed by atoms with Crippen molar-refractivity contribution in [3.05, 3.63) is 75.1 Å². The Balaban J connectivity index is 1.38. The van der Waals surface area contributed by atoms with Crippen molar-refractivity contribution in [1.82, 2.24) is 9.47 Å². The number of aryl methyl sites for hydroxylation is 1. The van der Waals surface area contributed by atoms with Gasteiger partial charge in [-0.05, 0) is 31.2 Å². The van der Waals surface area contributed by atoms with Crippen molar-refractivity contribution >= 4 is 28.2 Å². The Morgan fingerprint density at radius 1 is 1.06 bits per heavy atom. The largest absolute Gasteiger partial charge is 0.483 e. The number of fused-ring (bicyclic) bond motifs is 1. The van der Waals surface area contributed by atoms with Gasteiger partial charge in [0.15, 0.2) is 6.61 Å². The lowest BCUT2D eigenvalue weighted by Gasteiger charge is -2.36. The minimum Gasteiger partial charge on any atom is -0.483 e. The molecule has 0 saturated carbocycles.